The third kappa shape index (κ3) is 7.95. The minimum atomic E-state index is -0.533. The van der Waals surface area contributed by atoms with Crippen molar-refractivity contribution >= 4 is 17.8 Å². The molecule has 2 N–H and O–H groups in total. The van der Waals surface area contributed by atoms with Gasteiger partial charge in [0.2, 0.25) is 11.8 Å². The molecule has 27 heavy (non-hydrogen) atoms. The van der Waals surface area contributed by atoms with E-state index in [1.807, 2.05) is 0 Å². The van der Waals surface area contributed by atoms with E-state index >= 15 is 0 Å². The minimum absolute atomic E-state index is 0.0572. The number of carbonyl (C=O) groups is 3. The maximum absolute atomic E-state index is 12.5. The van der Waals surface area contributed by atoms with E-state index in [0.29, 0.717) is 19.4 Å². The summed E-state index contributed by atoms with van der Waals surface area (Å²) in [5.41, 5.74) is 0. The summed E-state index contributed by atoms with van der Waals surface area (Å²) in [7, 11) is 0. The van der Waals surface area contributed by atoms with Gasteiger partial charge in [-0.1, -0.05) is 12.2 Å². The number of likely N-dealkylation sites (tertiary alicyclic amines) is 1. The number of hydrogen-bond donors (Lipinski definition) is 2. The summed E-state index contributed by atoms with van der Waals surface area (Å²) >= 11 is 0. The number of carbonyl (C=O) groups excluding carboxylic acids is 3. The van der Waals surface area contributed by atoms with Gasteiger partial charge in [0, 0.05) is 19.4 Å². The molecule has 3 atom stereocenters. The van der Waals surface area contributed by atoms with Gasteiger partial charge in [0.1, 0.15) is 6.61 Å². The second-order valence-electron chi connectivity index (χ2n) is 6.91. The molecule has 0 aromatic carbocycles. The Bertz CT molecular complexity index is 534. The first-order valence-corrected chi connectivity index (χ1v) is 9.51. The molecule has 0 spiro atoms. The number of nitrogens with zero attached hydrogens (tertiary/aromatic N) is 1. The average Bonchev–Trinajstić information content (AvgIpc) is 3.13. The Morgan fingerprint density at radius 1 is 1.33 bits per heavy atom. The van der Waals surface area contributed by atoms with Crippen LogP contribution in [-0.2, 0) is 19.1 Å². The van der Waals surface area contributed by atoms with Gasteiger partial charge in [-0.05, 0) is 32.6 Å². The van der Waals surface area contributed by atoms with Crippen LogP contribution in [0.2, 0.25) is 0 Å². The third-order valence-corrected chi connectivity index (χ3v) is 4.59. The van der Waals surface area contributed by atoms with Crippen LogP contribution >= 0.6 is 0 Å². The zero-order valence-electron chi connectivity index (χ0n) is 16.2. The molecule has 1 heterocycles. The molecule has 2 amide bonds. The summed E-state index contributed by atoms with van der Waals surface area (Å²) in [6, 6.07) is -0.511. The lowest BCUT2D eigenvalue weighted by atomic mass is 9.99. The molecule has 7 heteroatoms. The third-order valence-electron chi connectivity index (χ3n) is 4.59. The van der Waals surface area contributed by atoms with Gasteiger partial charge in [0.15, 0.2) is 0 Å². The molecule has 7 nitrogen and oxygen atoms in total. The molecule has 1 fully saturated rings. The van der Waals surface area contributed by atoms with E-state index in [1.165, 1.54) is 0 Å². The predicted molar refractivity (Wildman–Crippen MR) is 103 cm³/mol. The van der Waals surface area contributed by atoms with Crippen LogP contribution in [0.3, 0.4) is 0 Å². The summed E-state index contributed by atoms with van der Waals surface area (Å²) in [4.78, 5) is 38.2. The van der Waals surface area contributed by atoms with Crippen LogP contribution in [0.15, 0.2) is 25.3 Å². The first-order valence-electron chi connectivity index (χ1n) is 9.51. The average molecular weight is 380 g/mol. The molecule has 1 aliphatic rings. The first-order chi connectivity index (χ1) is 12.9. The highest BCUT2D eigenvalue weighted by atomic mass is 16.5. The normalized spacial score (nSPS) is 18.4. The Labute approximate surface area is 161 Å². The molecule has 152 valence electrons. The Morgan fingerprint density at radius 3 is 2.70 bits per heavy atom. The number of aliphatic hydroxyl groups is 1. The van der Waals surface area contributed by atoms with Gasteiger partial charge in [-0.25, -0.2) is 0 Å². The van der Waals surface area contributed by atoms with Crippen molar-refractivity contribution < 1.29 is 24.2 Å². The van der Waals surface area contributed by atoms with Gasteiger partial charge in [0.25, 0.3) is 0 Å². The van der Waals surface area contributed by atoms with Crippen molar-refractivity contribution in [3.8, 4) is 0 Å². The maximum Gasteiger partial charge on any atom is 0.306 e. The number of allylic oxidation sites excluding steroid dienone is 2. The van der Waals surface area contributed by atoms with E-state index < -0.39 is 5.92 Å². The summed E-state index contributed by atoms with van der Waals surface area (Å²) in [5, 5.41) is 12.2. The van der Waals surface area contributed by atoms with Crippen molar-refractivity contribution in [1.82, 2.24) is 10.2 Å². The second-order valence-corrected chi connectivity index (χ2v) is 6.91. The highest BCUT2D eigenvalue weighted by molar-refractivity contribution is 5.86. The highest BCUT2D eigenvalue weighted by Gasteiger charge is 2.31. The monoisotopic (exact) mass is 380 g/mol. The standard InChI is InChI=1S/C20H32N2O5/c1-4-6-10-19(25)27-14-15(3)21-20(26)16(8-5-2)12-18(24)22-11-7-9-17(22)13-23/h4-5,15-17,23H,1-2,6-14H2,3H3,(H,21,26). The second kappa shape index (κ2) is 12.3. The van der Waals surface area contributed by atoms with Crippen LogP contribution in [-0.4, -0.2) is 59.6 Å². The van der Waals surface area contributed by atoms with Crippen LogP contribution in [0.1, 0.15) is 45.4 Å². The molecule has 0 aromatic heterocycles. The maximum atomic E-state index is 12.5. The van der Waals surface area contributed by atoms with Gasteiger partial charge < -0.3 is 20.1 Å². The number of hydrogen-bond acceptors (Lipinski definition) is 5. The molecule has 3 unspecified atom stereocenters. The number of ether oxygens (including phenoxy) is 1. The van der Waals surface area contributed by atoms with Gasteiger partial charge in [-0.15, -0.1) is 13.2 Å². The fraction of sp³-hybridized carbons (Fsp3) is 0.650. The van der Waals surface area contributed by atoms with Gasteiger partial charge in [-0.2, -0.15) is 0 Å². The Hall–Kier alpha value is -2.15. The van der Waals surface area contributed by atoms with E-state index in [9.17, 15) is 19.5 Å². The Balaban J connectivity index is 2.51. The van der Waals surface area contributed by atoms with Crippen molar-refractivity contribution in [2.75, 3.05) is 19.8 Å². The number of rotatable bonds is 12. The lowest BCUT2D eigenvalue weighted by Crippen LogP contribution is -2.43. The molecule has 1 rings (SSSR count). The van der Waals surface area contributed by atoms with E-state index in [1.54, 1.807) is 24.0 Å². The number of aliphatic hydroxyl groups excluding tert-OH is 1. The van der Waals surface area contributed by atoms with Crippen molar-refractivity contribution in [2.45, 2.75) is 57.5 Å². The van der Waals surface area contributed by atoms with E-state index in [4.69, 9.17) is 4.74 Å². The SMILES string of the molecule is C=CCCC(=O)OCC(C)NC(=O)C(CC=C)CC(=O)N1CCCC1CO. The molecule has 0 bridgehead atoms. The largest absolute Gasteiger partial charge is 0.463 e. The summed E-state index contributed by atoms with van der Waals surface area (Å²) in [6.07, 6.45) is 6.17. The fourth-order valence-electron chi connectivity index (χ4n) is 3.08. The lowest BCUT2D eigenvalue weighted by molar-refractivity contribution is -0.145. The number of nitrogens with one attached hydrogen (secondary N) is 1. The molecular formula is C20H32N2O5. The van der Waals surface area contributed by atoms with Crippen molar-refractivity contribution in [1.29, 1.82) is 0 Å². The van der Waals surface area contributed by atoms with Crippen molar-refractivity contribution in [3.05, 3.63) is 25.3 Å². The quantitative estimate of drug-likeness (QED) is 0.396. The summed E-state index contributed by atoms with van der Waals surface area (Å²) < 4.78 is 5.11. The molecule has 0 aromatic rings. The summed E-state index contributed by atoms with van der Waals surface area (Å²) in [5.74, 6) is -1.26. The highest BCUT2D eigenvalue weighted by Crippen LogP contribution is 2.20. The van der Waals surface area contributed by atoms with Gasteiger partial charge in [-0.3, -0.25) is 14.4 Å². The van der Waals surface area contributed by atoms with Crippen LogP contribution in [0, 0.1) is 5.92 Å². The van der Waals surface area contributed by atoms with E-state index in [0.717, 1.165) is 12.8 Å². The molecule has 0 saturated carbocycles. The van der Waals surface area contributed by atoms with Crippen LogP contribution in [0.25, 0.3) is 0 Å². The van der Waals surface area contributed by atoms with Crippen LogP contribution in [0.5, 0.6) is 0 Å². The van der Waals surface area contributed by atoms with Crippen molar-refractivity contribution in [3.63, 3.8) is 0 Å². The zero-order valence-corrected chi connectivity index (χ0v) is 16.2. The Kier molecular flexibility index (Phi) is 10.4. The fourth-order valence-corrected chi connectivity index (χ4v) is 3.08. The first kappa shape index (κ1) is 22.9. The minimum Gasteiger partial charge on any atom is -0.463 e. The smallest absolute Gasteiger partial charge is 0.306 e. The van der Waals surface area contributed by atoms with Gasteiger partial charge in [0.05, 0.1) is 24.6 Å². The molecule has 1 saturated heterocycles. The van der Waals surface area contributed by atoms with Crippen molar-refractivity contribution in [2.24, 2.45) is 5.92 Å². The Morgan fingerprint density at radius 2 is 2.07 bits per heavy atom. The predicted octanol–water partition coefficient (Wildman–Crippen LogP) is 1.57. The molecule has 0 radical (unpaired) electrons. The van der Waals surface area contributed by atoms with E-state index in [-0.39, 0.29) is 55.9 Å². The number of esters is 1. The topological polar surface area (TPSA) is 95.9 Å². The lowest BCUT2D eigenvalue weighted by Gasteiger charge is -2.25. The molecular weight excluding hydrogens is 348 g/mol. The van der Waals surface area contributed by atoms with E-state index in [2.05, 4.69) is 18.5 Å². The van der Waals surface area contributed by atoms with Crippen LogP contribution in [0.4, 0.5) is 0 Å². The molecule has 1 aliphatic heterocycles. The summed E-state index contributed by atoms with van der Waals surface area (Å²) in [6.45, 7) is 9.59. The van der Waals surface area contributed by atoms with Gasteiger partial charge >= 0.3 is 5.97 Å². The zero-order chi connectivity index (χ0) is 20.2. The molecule has 0 aliphatic carbocycles. The number of amides is 2. The van der Waals surface area contributed by atoms with Crippen LogP contribution < -0.4 is 5.32 Å².